The smallest absolute Gasteiger partial charge is 0.332 e. The molecule has 0 saturated carbocycles. The number of nitrogens with one attached hydrogen (secondary N) is 1. The zero-order valence-electron chi connectivity index (χ0n) is 9.23. The minimum absolute atomic E-state index is 0.00731. The minimum Gasteiger partial charge on any atom is -0.479 e. The van der Waals surface area contributed by atoms with Crippen LogP contribution in [-0.2, 0) is 9.53 Å². The van der Waals surface area contributed by atoms with Gasteiger partial charge in [-0.05, 0) is 47.6 Å². The van der Waals surface area contributed by atoms with E-state index in [1.54, 1.807) is 0 Å². The maximum Gasteiger partial charge on any atom is 0.332 e. The number of aliphatic carboxylic acids is 1. The largest absolute Gasteiger partial charge is 0.479 e. The van der Waals surface area contributed by atoms with Crippen molar-refractivity contribution >= 4 is 34.2 Å². The van der Waals surface area contributed by atoms with Gasteiger partial charge in [-0.2, -0.15) is 0 Å². The molecular formula is C12H14INO3. The van der Waals surface area contributed by atoms with Crippen LogP contribution in [0.4, 0.5) is 5.69 Å². The first-order valence-electron chi connectivity index (χ1n) is 5.53. The molecule has 0 amide bonds. The summed E-state index contributed by atoms with van der Waals surface area (Å²) < 4.78 is 6.57. The monoisotopic (exact) mass is 347 g/mol. The van der Waals surface area contributed by atoms with Gasteiger partial charge >= 0.3 is 5.97 Å². The van der Waals surface area contributed by atoms with Crippen LogP contribution in [0.5, 0.6) is 0 Å². The lowest BCUT2D eigenvalue weighted by atomic mass is 10.2. The van der Waals surface area contributed by atoms with E-state index in [9.17, 15) is 4.79 Å². The predicted molar refractivity (Wildman–Crippen MR) is 73.2 cm³/mol. The first kappa shape index (κ1) is 12.6. The van der Waals surface area contributed by atoms with E-state index in [0.29, 0.717) is 13.0 Å². The van der Waals surface area contributed by atoms with Gasteiger partial charge in [-0.3, -0.25) is 0 Å². The van der Waals surface area contributed by atoms with E-state index in [1.807, 2.05) is 24.3 Å². The highest BCUT2D eigenvalue weighted by atomic mass is 127. The summed E-state index contributed by atoms with van der Waals surface area (Å²) in [5.74, 6) is -0.859. The van der Waals surface area contributed by atoms with Crippen molar-refractivity contribution in [1.82, 2.24) is 0 Å². The highest BCUT2D eigenvalue weighted by Crippen LogP contribution is 2.22. The summed E-state index contributed by atoms with van der Waals surface area (Å²) in [6.45, 7) is 0.657. The van der Waals surface area contributed by atoms with Gasteiger partial charge in [0, 0.05) is 15.8 Å². The van der Waals surface area contributed by atoms with Crippen molar-refractivity contribution in [3.05, 3.63) is 27.8 Å². The van der Waals surface area contributed by atoms with Gasteiger partial charge in [0.25, 0.3) is 0 Å². The molecule has 1 aromatic carbocycles. The number of para-hydroxylation sites is 1. The van der Waals surface area contributed by atoms with Crippen LogP contribution < -0.4 is 5.32 Å². The normalized spacial score (nSPS) is 23.6. The molecule has 2 N–H and O–H groups in total. The highest BCUT2D eigenvalue weighted by Gasteiger charge is 2.30. The van der Waals surface area contributed by atoms with Crippen LogP contribution in [0.25, 0.3) is 0 Å². The van der Waals surface area contributed by atoms with Gasteiger partial charge in [0.15, 0.2) is 6.10 Å². The molecule has 1 aliphatic rings. The molecule has 5 heteroatoms. The van der Waals surface area contributed by atoms with Crippen molar-refractivity contribution < 1.29 is 14.6 Å². The Morgan fingerprint density at radius 2 is 2.24 bits per heavy atom. The first-order chi connectivity index (χ1) is 8.16. The summed E-state index contributed by atoms with van der Waals surface area (Å²) in [6, 6.07) is 7.99. The highest BCUT2D eigenvalue weighted by molar-refractivity contribution is 14.1. The second-order valence-corrected chi connectivity index (χ2v) is 5.19. The number of rotatable bonds is 4. The van der Waals surface area contributed by atoms with E-state index < -0.39 is 12.1 Å². The van der Waals surface area contributed by atoms with Crippen LogP contribution in [-0.4, -0.2) is 29.8 Å². The third-order valence-corrected chi connectivity index (χ3v) is 3.72. The molecule has 1 aliphatic heterocycles. The zero-order chi connectivity index (χ0) is 12.3. The maximum absolute atomic E-state index is 10.7. The molecule has 0 radical (unpaired) electrons. The number of ether oxygens (including phenoxy) is 1. The van der Waals surface area contributed by atoms with Crippen molar-refractivity contribution in [2.75, 3.05) is 11.9 Å². The lowest BCUT2D eigenvalue weighted by molar-refractivity contribution is -0.149. The summed E-state index contributed by atoms with van der Waals surface area (Å²) in [4.78, 5) is 10.7. The predicted octanol–water partition coefficient (Wildman–Crippen LogP) is 2.34. The minimum atomic E-state index is -0.859. The van der Waals surface area contributed by atoms with Crippen LogP contribution in [0, 0.1) is 3.57 Å². The molecule has 92 valence electrons. The molecule has 17 heavy (non-hydrogen) atoms. The molecule has 1 fully saturated rings. The van der Waals surface area contributed by atoms with Gasteiger partial charge in [0.2, 0.25) is 0 Å². The molecule has 2 atom stereocenters. The number of hydrogen-bond acceptors (Lipinski definition) is 3. The summed E-state index contributed by atoms with van der Waals surface area (Å²) in [5, 5.41) is 12.1. The third-order valence-electron chi connectivity index (χ3n) is 2.78. The Morgan fingerprint density at radius 3 is 2.88 bits per heavy atom. The van der Waals surface area contributed by atoms with Crippen LogP contribution in [0.2, 0.25) is 0 Å². The van der Waals surface area contributed by atoms with E-state index in [0.717, 1.165) is 15.7 Å². The number of benzene rings is 1. The Kier molecular flexibility index (Phi) is 4.22. The van der Waals surface area contributed by atoms with Crippen molar-refractivity contribution in [3.8, 4) is 0 Å². The van der Waals surface area contributed by atoms with Crippen LogP contribution in [0.15, 0.2) is 24.3 Å². The fourth-order valence-corrected chi connectivity index (χ4v) is 2.44. The lowest BCUT2D eigenvalue weighted by Crippen LogP contribution is -2.24. The Morgan fingerprint density at radius 1 is 1.47 bits per heavy atom. The van der Waals surface area contributed by atoms with Crippen LogP contribution in [0.3, 0.4) is 0 Å². The average Bonchev–Trinajstić information content (AvgIpc) is 2.77. The van der Waals surface area contributed by atoms with Gasteiger partial charge in [-0.25, -0.2) is 4.79 Å². The maximum atomic E-state index is 10.7. The first-order valence-corrected chi connectivity index (χ1v) is 6.61. The molecule has 0 aliphatic carbocycles. The Labute approximate surface area is 113 Å². The fraction of sp³-hybridized carbons (Fsp3) is 0.417. The van der Waals surface area contributed by atoms with Crippen LogP contribution >= 0.6 is 22.6 Å². The number of anilines is 1. The quantitative estimate of drug-likeness (QED) is 0.821. The van der Waals surface area contributed by atoms with E-state index >= 15 is 0 Å². The van der Waals surface area contributed by atoms with Crippen molar-refractivity contribution in [2.24, 2.45) is 0 Å². The lowest BCUT2D eigenvalue weighted by Gasteiger charge is -2.14. The Bertz CT molecular complexity index is 410. The standard InChI is InChI=1S/C12H14INO3/c13-9-3-1-2-4-10(9)14-7-8-5-6-11(17-8)12(15)16/h1-4,8,11,14H,5-7H2,(H,15,16). The second kappa shape index (κ2) is 5.68. The van der Waals surface area contributed by atoms with Gasteiger partial charge in [0.1, 0.15) is 0 Å². The summed E-state index contributed by atoms with van der Waals surface area (Å²) in [5.41, 5.74) is 1.07. The number of halogens is 1. The second-order valence-electron chi connectivity index (χ2n) is 4.02. The molecule has 1 aromatic rings. The van der Waals surface area contributed by atoms with E-state index in [4.69, 9.17) is 9.84 Å². The molecular weight excluding hydrogens is 333 g/mol. The third kappa shape index (κ3) is 3.32. The molecule has 0 spiro atoms. The topological polar surface area (TPSA) is 58.6 Å². The molecule has 0 bridgehead atoms. The van der Waals surface area contributed by atoms with Crippen molar-refractivity contribution in [3.63, 3.8) is 0 Å². The molecule has 1 heterocycles. The van der Waals surface area contributed by atoms with Gasteiger partial charge < -0.3 is 15.2 Å². The summed E-state index contributed by atoms with van der Waals surface area (Å²) >= 11 is 2.26. The fourth-order valence-electron chi connectivity index (χ4n) is 1.87. The number of hydrogen-bond donors (Lipinski definition) is 2. The van der Waals surface area contributed by atoms with Crippen LogP contribution in [0.1, 0.15) is 12.8 Å². The molecule has 2 unspecified atom stereocenters. The Balaban J connectivity index is 1.84. The van der Waals surface area contributed by atoms with Crippen molar-refractivity contribution in [2.45, 2.75) is 25.0 Å². The van der Waals surface area contributed by atoms with E-state index in [1.165, 1.54) is 0 Å². The molecule has 2 rings (SSSR count). The Hall–Kier alpha value is -0.820. The van der Waals surface area contributed by atoms with Gasteiger partial charge in [0.05, 0.1) is 6.10 Å². The average molecular weight is 347 g/mol. The molecule has 4 nitrogen and oxygen atoms in total. The number of carboxylic acids is 1. The van der Waals surface area contributed by atoms with E-state index in [-0.39, 0.29) is 6.10 Å². The summed E-state index contributed by atoms with van der Waals surface area (Å²) in [7, 11) is 0. The number of carboxylic acid groups (broad SMARTS) is 1. The SMILES string of the molecule is O=C(O)C1CCC(CNc2ccccc2I)O1. The molecule has 1 saturated heterocycles. The van der Waals surface area contributed by atoms with Crippen molar-refractivity contribution in [1.29, 1.82) is 0 Å². The van der Waals surface area contributed by atoms with E-state index in [2.05, 4.69) is 27.9 Å². The van der Waals surface area contributed by atoms with Gasteiger partial charge in [-0.15, -0.1) is 0 Å². The van der Waals surface area contributed by atoms with Gasteiger partial charge in [-0.1, -0.05) is 12.1 Å². The zero-order valence-corrected chi connectivity index (χ0v) is 11.4. The number of carbonyl (C=O) groups is 1. The summed E-state index contributed by atoms with van der Waals surface area (Å²) in [6.07, 6.45) is 0.768. The molecule has 0 aromatic heterocycles.